The molecule has 0 spiro atoms. The Balaban J connectivity index is -0.000000113. The van der Waals surface area contributed by atoms with Crippen LogP contribution in [0, 0.1) is 0 Å². The van der Waals surface area contributed by atoms with Crippen LogP contribution in [0.15, 0.2) is 24.3 Å². The summed E-state index contributed by atoms with van der Waals surface area (Å²) in [6.07, 6.45) is 0. The molecular formula is C17H35F2GeHfO3-. The zero-order chi connectivity index (χ0) is 19.5. The first-order valence-electron chi connectivity index (χ1n) is 7.47. The second-order valence-corrected chi connectivity index (χ2v) is 10.7. The molecule has 0 heterocycles. The molecule has 3 nitrogen and oxygen atoms in total. The Hall–Kier alpha value is 0.503. The fraction of sp³-hybridized carbons (Fsp3) is 0.706. The van der Waals surface area contributed by atoms with Crippen LogP contribution in [-0.2, 0) is 25.8 Å². The molecular weight excluding hydrogens is 541 g/mol. The molecule has 24 heavy (non-hydrogen) atoms. The molecule has 0 saturated heterocycles. The average molecular weight is 577 g/mol. The summed E-state index contributed by atoms with van der Waals surface area (Å²) in [4.78, 5) is 0. The molecule has 0 atom stereocenters. The predicted molar refractivity (Wildman–Crippen MR) is 96.9 cm³/mol. The summed E-state index contributed by atoms with van der Waals surface area (Å²) < 4.78 is 23.9. The minimum atomic E-state index is -3.89. The second-order valence-electron chi connectivity index (χ2n) is 8.03. The van der Waals surface area contributed by atoms with E-state index in [4.69, 9.17) is 15.3 Å². The molecule has 7 heteroatoms. The number of hydrogen-bond donors (Lipinski definition) is 3. The van der Waals surface area contributed by atoms with Crippen molar-refractivity contribution in [3.63, 3.8) is 0 Å². The minimum Gasteiger partial charge on any atom is 0 e. The molecule has 1 aromatic carbocycles. The van der Waals surface area contributed by atoms with Crippen LogP contribution >= 0.6 is 0 Å². The molecule has 0 saturated carbocycles. The third-order valence-corrected chi connectivity index (χ3v) is 2.81. The average Bonchev–Trinajstić information content (AvgIpc) is 2.59. The maximum absolute atomic E-state index is 11.8. The number of halogens is 2. The van der Waals surface area contributed by atoms with Gasteiger partial charge in [0, 0.05) is 25.8 Å². The molecule has 0 aliphatic carbocycles. The summed E-state index contributed by atoms with van der Waals surface area (Å²) in [5.74, 6) is 0. The van der Waals surface area contributed by atoms with Gasteiger partial charge in [-0.15, -0.1) is 0 Å². The van der Waals surface area contributed by atoms with Crippen molar-refractivity contribution >= 4 is 19.7 Å². The van der Waals surface area contributed by atoms with Crippen molar-refractivity contribution in [3.8, 4) is 0 Å². The van der Waals surface area contributed by atoms with Crippen molar-refractivity contribution in [2.24, 2.45) is 0 Å². The third-order valence-electron chi connectivity index (χ3n) is 0.940. The standard InChI is InChI=1S/C5H5F2Ge.3C4H10O.Hf/c6-8(7)5-3-1-2-4-5;3*1-4(2,3)5;/h1-4,8H;3*5H,1-3H3;/q-1;;;;. The Labute approximate surface area is 170 Å². The quantitative estimate of drug-likeness (QED) is 0.356. The van der Waals surface area contributed by atoms with E-state index in [0.29, 0.717) is 0 Å². The van der Waals surface area contributed by atoms with Gasteiger partial charge in [-0.2, -0.15) is 0 Å². The van der Waals surface area contributed by atoms with Crippen molar-refractivity contribution in [3.05, 3.63) is 24.3 Å². The Morgan fingerprint density at radius 1 is 0.667 bits per heavy atom. The zero-order valence-electron chi connectivity index (χ0n) is 16.5. The molecule has 0 aromatic heterocycles. The number of hydrogen-bond acceptors (Lipinski definition) is 3. The van der Waals surface area contributed by atoms with Gasteiger partial charge in [0.25, 0.3) is 0 Å². The Bertz CT molecular complexity index is 318. The minimum absolute atomic E-state index is 0. The van der Waals surface area contributed by atoms with Gasteiger partial charge in [0.05, 0.1) is 16.8 Å². The van der Waals surface area contributed by atoms with Crippen molar-refractivity contribution in [2.45, 2.75) is 79.1 Å². The van der Waals surface area contributed by atoms with Gasteiger partial charge in [-0.1, -0.05) is 0 Å². The van der Waals surface area contributed by atoms with E-state index >= 15 is 0 Å². The molecule has 0 radical (unpaired) electrons. The summed E-state index contributed by atoms with van der Waals surface area (Å²) >= 11 is -3.89. The van der Waals surface area contributed by atoms with Gasteiger partial charge in [0.1, 0.15) is 0 Å². The van der Waals surface area contributed by atoms with Crippen molar-refractivity contribution in [2.75, 3.05) is 0 Å². The van der Waals surface area contributed by atoms with Gasteiger partial charge in [-0.25, -0.2) is 0 Å². The van der Waals surface area contributed by atoms with Crippen LogP contribution in [0.5, 0.6) is 0 Å². The molecule has 0 fully saturated rings. The first-order valence-corrected chi connectivity index (χ1v) is 10.5. The van der Waals surface area contributed by atoms with E-state index in [1.807, 2.05) is 0 Å². The second kappa shape index (κ2) is 14.6. The van der Waals surface area contributed by atoms with E-state index in [0.717, 1.165) is 0 Å². The van der Waals surface area contributed by atoms with E-state index in [9.17, 15) is 7.00 Å². The van der Waals surface area contributed by atoms with Crippen LogP contribution in [0.4, 0.5) is 7.00 Å². The fourth-order valence-corrected chi connectivity index (χ4v) is 1.61. The fourth-order valence-electron chi connectivity index (χ4n) is 0.534. The first kappa shape index (κ1) is 32.2. The van der Waals surface area contributed by atoms with Crippen LogP contribution in [0.2, 0.25) is 0 Å². The third kappa shape index (κ3) is 78.6. The predicted octanol–water partition coefficient (Wildman–Crippen LogP) is 3.10. The first-order chi connectivity index (χ1) is 9.80. The molecule has 0 amide bonds. The zero-order valence-corrected chi connectivity index (χ0v) is 22.5. The van der Waals surface area contributed by atoms with Crippen LogP contribution in [-0.4, -0.2) is 47.4 Å². The summed E-state index contributed by atoms with van der Waals surface area (Å²) in [5.41, 5.74) is -1.50. The Morgan fingerprint density at radius 2 is 0.833 bits per heavy atom. The SMILES string of the molecule is CC(C)(C)O.CC(C)(C)O.CC(C)(C)O.[F][GeH]([F])[c-]1cccc1.[Hf]. The van der Waals surface area contributed by atoms with Gasteiger partial charge in [-0.3, -0.25) is 0 Å². The maximum atomic E-state index is 11.8. The molecule has 0 bridgehead atoms. The molecule has 1 aromatic rings. The topological polar surface area (TPSA) is 60.7 Å². The Morgan fingerprint density at radius 3 is 0.917 bits per heavy atom. The maximum Gasteiger partial charge on any atom is 0 e. The van der Waals surface area contributed by atoms with Gasteiger partial charge in [-0.05, 0) is 62.3 Å². The number of rotatable bonds is 1. The van der Waals surface area contributed by atoms with Crippen molar-refractivity contribution in [1.82, 2.24) is 0 Å². The van der Waals surface area contributed by atoms with Crippen LogP contribution in [0.25, 0.3) is 0 Å². The van der Waals surface area contributed by atoms with Crippen LogP contribution in [0.3, 0.4) is 0 Å². The van der Waals surface area contributed by atoms with Gasteiger partial charge in [0.15, 0.2) is 0 Å². The van der Waals surface area contributed by atoms with E-state index in [1.54, 1.807) is 74.4 Å². The number of aliphatic hydroxyl groups is 3. The summed E-state index contributed by atoms with van der Waals surface area (Å²) in [6, 6.07) is 6.27. The van der Waals surface area contributed by atoms with Crippen molar-refractivity contribution < 1.29 is 48.2 Å². The molecule has 0 aliphatic rings. The van der Waals surface area contributed by atoms with Gasteiger partial charge < -0.3 is 15.3 Å². The summed E-state index contributed by atoms with van der Waals surface area (Å²) in [6.45, 7) is 15.7. The van der Waals surface area contributed by atoms with E-state index < -0.39 is 32.1 Å². The Kier molecular flexibility index (Phi) is 19.7. The van der Waals surface area contributed by atoms with E-state index in [-0.39, 0.29) is 30.2 Å². The summed E-state index contributed by atoms with van der Waals surface area (Å²) in [5, 5.41) is 25.6. The molecule has 1 rings (SSSR count). The normalized spacial score (nSPS) is 11.0. The summed E-state index contributed by atoms with van der Waals surface area (Å²) in [7, 11) is 0. The molecule has 0 unspecified atom stereocenters. The van der Waals surface area contributed by atoms with E-state index in [2.05, 4.69) is 0 Å². The monoisotopic (exact) mass is 579 g/mol. The molecule has 144 valence electrons. The van der Waals surface area contributed by atoms with Gasteiger partial charge >= 0.3 is 50.9 Å². The van der Waals surface area contributed by atoms with Crippen LogP contribution < -0.4 is 4.40 Å². The van der Waals surface area contributed by atoms with Crippen molar-refractivity contribution in [1.29, 1.82) is 0 Å². The largest absolute Gasteiger partial charge is 0 e. The smallest absolute Gasteiger partial charge is 0 e. The molecule has 3 N–H and O–H groups in total. The molecule has 0 aliphatic heterocycles. The van der Waals surface area contributed by atoms with E-state index in [1.165, 1.54) is 12.1 Å². The van der Waals surface area contributed by atoms with Gasteiger partial charge in [0.2, 0.25) is 0 Å². The van der Waals surface area contributed by atoms with Crippen LogP contribution in [0.1, 0.15) is 62.3 Å².